The van der Waals surface area contributed by atoms with Gasteiger partial charge in [0.1, 0.15) is 5.82 Å². The van der Waals surface area contributed by atoms with Crippen LogP contribution in [0.5, 0.6) is 0 Å². The Kier molecular flexibility index (Phi) is 2.25. The highest BCUT2D eigenvalue weighted by atomic mass is 35.5. The Balaban J connectivity index is 1.98. The van der Waals surface area contributed by atoms with Crippen LogP contribution in [-0.4, -0.2) is 16.1 Å². The third-order valence-electron chi connectivity index (χ3n) is 3.56. The number of nitrogens with two attached hydrogens (primary N) is 1. The van der Waals surface area contributed by atoms with Crippen molar-refractivity contribution in [2.45, 2.75) is 38.1 Å². The third kappa shape index (κ3) is 1.58. The lowest BCUT2D eigenvalue weighted by molar-refractivity contribution is 0.371. The Morgan fingerprint density at radius 3 is 2.87 bits per heavy atom. The van der Waals surface area contributed by atoms with E-state index in [1.807, 2.05) is 0 Å². The summed E-state index contributed by atoms with van der Waals surface area (Å²) in [7, 11) is 0. The second kappa shape index (κ2) is 3.49. The van der Waals surface area contributed by atoms with Crippen LogP contribution in [0.25, 0.3) is 0 Å². The molecule has 0 radical (unpaired) electrons. The Hall–Kier alpha value is -0.540. The molecule has 1 aromatic heterocycles. The van der Waals surface area contributed by atoms with Gasteiger partial charge in [-0.25, -0.2) is 4.98 Å². The first kappa shape index (κ1) is 9.67. The predicted octanol–water partition coefficient (Wildman–Crippen LogP) is 1.94. The Labute approximate surface area is 94.6 Å². The van der Waals surface area contributed by atoms with Gasteiger partial charge in [0.05, 0.1) is 5.69 Å². The molecule has 15 heavy (non-hydrogen) atoms. The monoisotopic (exact) mass is 225 g/mol. The van der Waals surface area contributed by atoms with Crippen LogP contribution in [0.2, 0.25) is 5.15 Å². The fourth-order valence-electron chi connectivity index (χ4n) is 2.45. The standard InChI is InChI=1S/C11H16ClN3/c12-10-9-4-1-7(5-13)6-15(9)11(14-10)8-2-3-8/h7-8H,1-6,13H2. The molecule has 1 aromatic rings. The summed E-state index contributed by atoms with van der Waals surface area (Å²) >= 11 is 6.16. The highest BCUT2D eigenvalue weighted by Gasteiger charge is 2.33. The summed E-state index contributed by atoms with van der Waals surface area (Å²) in [6.07, 6.45) is 4.76. The number of nitrogens with zero attached hydrogens (tertiary/aromatic N) is 2. The number of aromatic nitrogens is 2. The van der Waals surface area contributed by atoms with Gasteiger partial charge in [-0.05, 0) is 38.1 Å². The van der Waals surface area contributed by atoms with E-state index in [0.717, 1.165) is 31.1 Å². The van der Waals surface area contributed by atoms with Crippen LogP contribution in [0.4, 0.5) is 0 Å². The van der Waals surface area contributed by atoms with Gasteiger partial charge in [0.15, 0.2) is 5.15 Å². The van der Waals surface area contributed by atoms with Gasteiger partial charge in [0.25, 0.3) is 0 Å². The molecule has 3 nitrogen and oxygen atoms in total. The normalized spacial score (nSPS) is 25.3. The van der Waals surface area contributed by atoms with E-state index in [9.17, 15) is 0 Å². The van der Waals surface area contributed by atoms with E-state index in [1.165, 1.54) is 24.4 Å². The highest BCUT2D eigenvalue weighted by molar-refractivity contribution is 6.30. The molecular weight excluding hydrogens is 210 g/mol. The van der Waals surface area contributed by atoms with Gasteiger partial charge in [0.2, 0.25) is 0 Å². The quantitative estimate of drug-likeness (QED) is 0.836. The van der Waals surface area contributed by atoms with E-state index in [4.69, 9.17) is 17.3 Å². The molecule has 0 spiro atoms. The molecule has 2 heterocycles. The fraction of sp³-hybridized carbons (Fsp3) is 0.727. The van der Waals surface area contributed by atoms with Gasteiger partial charge in [-0.2, -0.15) is 0 Å². The number of hydrogen-bond acceptors (Lipinski definition) is 2. The van der Waals surface area contributed by atoms with Gasteiger partial charge in [-0.15, -0.1) is 0 Å². The van der Waals surface area contributed by atoms with Crippen LogP contribution in [0.1, 0.15) is 36.7 Å². The molecule has 1 saturated carbocycles. The molecule has 1 atom stereocenters. The minimum absolute atomic E-state index is 0.611. The van der Waals surface area contributed by atoms with Crippen molar-refractivity contribution in [2.24, 2.45) is 11.7 Å². The first-order valence-electron chi connectivity index (χ1n) is 5.74. The van der Waals surface area contributed by atoms with Crippen LogP contribution in [-0.2, 0) is 13.0 Å². The van der Waals surface area contributed by atoms with E-state index >= 15 is 0 Å². The smallest absolute Gasteiger partial charge is 0.150 e. The molecule has 1 aliphatic carbocycles. The van der Waals surface area contributed by atoms with Gasteiger partial charge < -0.3 is 10.3 Å². The summed E-state index contributed by atoms with van der Waals surface area (Å²) in [5.74, 6) is 2.50. The van der Waals surface area contributed by atoms with Crippen LogP contribution in [0.15, 0.2) is 0 Å². The van der Waals surface area contributed by atoms with Gasteiger partial charge in [0, 0.05) is 12.5 Å². The van der Waals surface area contributed by atoms with Crippen LogP contribution >= 0.6 is 11.6 Å². The molecule has 0 aromatic carbocycles. The maximum absolute atomic E-state index is 6.16. The maximum atomic E-state index is 6.16. The lowest BCUT2D eigenvalue weighted by Gasteiger charge is -2.24. The average molecular weight is 226 g/mol. The van der Waals surface area contributed by atoms with Crippen molar-refractivity contribution in [3.8, 4) is 0 Å². The zero-order valence-electron chi connectivity index (χ0n) is 8.75. The highest BCUT2D eigenvalue weighted by Crippen LogP contribution is 2.42. The third-order valence-corrected chi connectivity index (χ3v) is 3.86. The van der Waals surface area contributed by atoms with Gasteiger partial charge in [-0.3, -0.25) is 0 Å². The minimum Gasteiger partial charge on any atom is -0.330 e. The maximum Gasteiger partial charge on any atom is 0.150 e. The second-order valence-electron chi connectivity index (χ2n) is 4.73. The lowest BCUT2D eigenvalue weighted by atomic mass is 9.98. The Morgan fingerprint density at radius 1 is 1.40 bits per heavy atom. The molecule has 3 rings (SSSR count). The zero-order valence-corrected chi connectivity index (χ0v) is 9.50. The number of fused-ring (bicyclic) bond motifs is 1. The molecule has 4 heteroatoms. The topological polar surface area (TPSA) is 43.8 Å². The zero-order chi connectivity index (χ0) is 10.4. The molecule has 82 valence electrons. The van der Waals surface area contributed by atoms with Crippen molar-refractivity contribution in [1.82, 2.24) is 9.55 Å². The number of halogens is 1. The van der Waals surface area contributed by atoms with Crippen molar-refractivity contribution in [2.75, 3.05) is 6.54 Å². The van der Waals surface area contributed by atoms with E-state index in [1.54, 1.807) is 0 Å². The number of rotatable bonds is 2. The fourth-order valence-corrected chi connectivity index (χ4v) is 2.74. The van der Waals surface area contributed by atoms with Crippen LogP contribution in [0, 0.1) is 5.92 Å². The number of imidazole rings is 1. The average Bonchev–Trinajstić information content (AvgIpc) is 3.04. The lowest BCUT2D eigenvalue weighted by Crippen LogP contribution is -2.27. The van der Waals surface area contributed by atoms with Crippen molar-refractivity contribution >= 4 is 11.6 Å². The van der Waals surface area contributed by atoms with E-state index in [2.05, 4.69) is 9.55 Å². The van der Waals surface area contributed by atoms with Crippen molar-refractivity contribution in [3.63, 3.8) is 0 Å². The first-order chi connectivity index (χ1) is 7.29. The van der Waals surface area contributed by atoms with Crippen molar-refractivity contribution in [1.29, 1.82) is 0 Å². The van der Waals surface area contributed by atoms with E-state index in [-0.39, 0.29) is 0 Å². The molecule has 1 aliphatic heterocycles. The molecule has 1 fully saturated rings. The molecule has 0 amide bonds. The Morgan fingerprint density at radius 2 is 2.20 bits per heavy atom. The Bertz CT molecular complexity index is 381. The summed E-state index contributed by atoms with van der Waals surface area (Å²) in [5.41, 5.74) is 6.98. The summed E-state index contributed by atoms with van der Waals surface area (Å²) in [5, 5.41) is 0.729. The summed E-state index contributed by atoms with van der Waals surface area (Å²) < 4.78 is 2.33. The van der Waals surface area contributed by atoms with E-state index in [0.29, 0.717) is 11.8 Å². The molecule has 0 bridgehead atoms. The minimum atomic E-state index is 0.611. The molecular formula is C11H16ClN3. The largest absolute Gasteiger partial charge is 0.330 e. The molecule has 2 N–H and O–H groups in total. The van der Waals surface area contributed by atoms with Gasteiger partial charge >= 0.3 is 0 Å². The molecule has 0 saturated heterocycles. The molecule has 1 unspecified atom stereocenters. The van der Waals surface area contributed by atoms with Gasteiger partial charge in [-0.1, -0.05) is 11.6 Å². The summed E-state index contributed by atoms with van der Waals surface area (Å²) in [6, 6.07) is 0. The van der Waals surface area contributed by atoms with Crippen molar-refractivity contribution in [3.05, 3.63) is 16.7 Å². The summed E-state index contributed by atoms with van der Waals surface area (Å²) in [4.78, 5) is 4.51. The van der Waals surface area contributed by atoms with Crippen LogP contribution < -0.4 is 5.73 Å². The predicted molar refractivity (Wildman–Crippen MR) is 60.1 cm³/mol. The second-order valence-corrected chi connectivity index (χ2v) is 5.09. The number of hydrogen-bond donors (Lipinski definition) is 1. The van der Waals surface area contributed by atoms with Crippen molar-refractivity contribution < 1.29 is 0 Å². The first-order valence-corrected chi connectivity index (χ1v) is 6.12. The SMILES string of the molecule is NCC1CCc2c(Cl)nc(C3CC3)n2C1. The summed E-state index contributed by atoms with van der Waals surface area (Å²) in [6.45, 7) is 1.80. The molecule has 2 aliphatic rings. The van der Waals surface area contributed by atoms with E-state index < -0.39 is 0 Å². The van der Waals surface area contributed by atoms with Crippen LogP contribution in [0.3, 0.4) is 0 Å².